The van der Waals surface area contributed by atoms with Gasteiger partial charge in [0, 0.05) is 25.4 Å². The molecule has 0 spiro atoms. The lowest BCUT2D eigenvalue weighted by atomic mass is 9.95. The molecule has 3 N–H and O–H groups in total. The van der Waals surface area contributed by atoms with Crippen molar-refractivity contribution in [1.82, 2.24) is 15.2 Å². The molecule has 2 rings (SSSR count). The average Bonchev–Trinajstić information content (AvgIpc) is 2.79. The van der Waals surface area contributed by atoms with Crippen molar-refractivity contribution in [3.8, 4) is 0 Å². The zero-order chi connectivity index (χ0) is 10.8. The molecular formula is C10H18N4O. The van der Waals surface area contributed by atoms with Gasteiger partial charge in [0.1, 0.15) is 0 Å². The highest BCUT2D eigenvalue weighted by Gasteiger charge is 2.32. The second-order valence-corrected chi connectivity index (χ2v) is 4.19. The molecule has 1 aliphatic rings. The van der Waals surface area contributed by atoms with Crippen LogP contribution < -0.4 is 11.3 Å². The van der Waals surface area contributed by atoms with Crippen LogP contribution in [0.1, 0.15) is 24.9 Å². The fourth-order valence-electron chi connectivity index (χ4n) is 2.12. The predicted octanol–water partition coefficient (Wildman–Crippen LogP) is 0.350. The van der Waals surface area contributed by atoms with Gasteiger partial charge in [-0.1, -0.05) is 6.92 Å². The minimum absolute atomic E-state index is 0.0381. The van der Waals surface area contributed by atoms with Crippen LogP contribution in [0, 0.1) is 5.92 Å². The first-order valence-electron chi connectivity index (χ1n) is 5.28. The van der Waals surface area contributed by atoms with Crippen LogP contribution in [0.25, 0.3) is 0 Å². The lowest BCUT2D eigenvalue weighted by Crippen LogP contribution is -2.38. The second-order valence-electron chi connectivity index (χ2n) is 4.19. The fourth-order valence-corrected chi connectivity index (χ4v) is 2.12. The molecule has 0 bridgehead atoms. The van der Waals surface area contributed by atoms with E-state index < -0.39 is 0 Å². The van der Waals surface area contributed by atoms with Crippen molar-refractivity contribution in [2.45, 2.75) is 25.5 Å². The van der Waals surface area contributed by atoms with E-state index in [9.17, 15) is 0 Å². The molecule has 0 aromatic carbocycles. The largest absolute Gasteiger partial charge is 0.376 e. The van der Waals surface area contributed by atoms with Gasteiger partial charge < -0.3 is 4.74 Å². The van der Waals surface area contributed by atoms with Gasteiger partial charge in [0.25, 0.3) is 0 Å². The van der Waals surface area contributed by atoms with Crippen molar-refractivity contribution in [3.63, 3.8) is 0 Å². The number of nitrogens with one attached hydrogen (secondary N) is 1. The molecule has 1 aromatic heterocycles. The van der Waals surface area contributed by atoms with E-state index in [1.54, 1.807) is 4.68 Å². The molecule has 1 fully saturated rings. The number of aromatic nitrogens is 2. The molecule has 0 amide bonds. The minimum atomic E-state index is 0.0381. The van der Waals surface area contributed by atoms with E-state index >= 15 is 0 Å². The second kappa shape index (κ2) is 4.30. The van der Waals surface area contributed by atoms with Gasteiger partial charge in [-0.15, -0.1) is 0 Å². The summed E-state index contributed by atoms with van der Waals surface area (Å²) in [4.78, 5) is 0. The molecule has 1 aromatic rings. The molecule has 3 atom stereocenters. The Kier molecular flexibility index (Phi) is 3.04. The maximum atomic E-state index is 5.70. The number of hydrogen-bond acceptors (Lipinski definition) is 4. The number of hydrogen-bond donors (Lipinski definition) is 2. The van der Waals surface area contributed by atoms with E-state index in [0.717, 1.165) is 18.6 Å². The molecule has 2 heterocycles. The summed E-state index contributed by atoms with van der Waals surface area (Å²) in [5, 5.41) is 4.15. The summed E-state index contributed by atoms with van der Waals surface area (Å²) in [6, 6.07) is 0.0381. The average molecular weight is 210 g/mol. The fraction of sp³-hybridized carbons (Fsp3) is 0.700. The predicted molar refractivity (Wildman–Crippen MR) is 56.8 cm³/mol. The molecular weight excluding hydrogens is 192 g/mol. The monoisotopic (exact) mass is 210 g/mol. The Hall–Kier alpha value is -0.910. The number of ether oxygens (including phenoxy) is 1. The normalized spacial score (nSPS) is 28.2. The molecule has 1 aliphatic heterocycles. The van der Waals surface area contributed by atoms with E-state index in [0.29, 0.717) is 5.92 Å². The highest BCUT2D eigenvalue weighted by molar-refractivity contribution is 5.13. The third kappa shape index (κ3) is 2.04. The maximum absolute atomic E-state index is 5.70. The van der Waals surface area contributed by atoms with E-state index in [1.165, 1.54) is 0 Å². The van der Waals surface area contributed by atoms with Gasteiger partial charge in [-0.25, -0.2) is 0 Å². The van der Waals surface area contributed by atoms with Gasteiger partial charge >= 0.3 is 0 Å². The van der Waals surface area contributed by atoms with Crippen molar-refractivity contribution in [2.24, 2.45) is 18.8 Å². The summed E-state index contributed by atoms with van der Waals surface area (Å²) in [5.74, 6) is 6.12. The van der Waals surface area contributed by atoms with Crippen molar-refractivity contribution in [1.29, 1.82) is 0 Å². The first-order chi connectivity index (χ1) is 7.22. The third-order valence-electron chi connectivity index (χ3n) is 3.04. The SMILES string of the molecule is CC1CCOC1C(NN)c1cnn(C)c1. The van der Waals surface area contributed by atoms with Crippen molar-refractivity contribution in [2.75, 3.05) is 6.61 Å². The Morgan fingerprint density at radius 3 is 3.00 bits per heavy atom. The number of aryl methyl sites for hydroxylation is 1. The van der Waals surface area contributed by atoms with Crippen LogP contribution >= 0.6 is 0 Å². The Labute approximate surface area is 89.6 Å². The Balaban J connectivity index is 2.16. The Morgan fingerprint density at radius 2 is 2.53 bits per heavy atom. The molecule has 84 valence electrons. The summed E-state index contributed by atoms with van der Waals surface area (Å²) >= 11 is 0. The first-order valence-corrected chi connectivity index (χ1v) is 5.28. The molecule has 15 heavy (non-hydrogen) atoms. The zero-order valence-corrected chi connectivity index (χ0v) is 9.18. The van der Waals surface area contributed by atoms with Crippen LogP contribution in [-0.2, 0) is 11.8 Å². The maximum Gasteiger partial charge on any atom is 0.0810 e. The number of nitrogens with two attached hydrogens (primary N) is 1. The highest BCUT2D eigenvalue weighted by Crippen LogP contribution is 2.30. The molecule has 3 unspecified atom stereocenters. The summed E-state index contributed by atoms with van der Waals surface area (Å²) in [6.07, 6.45) is 5.06. The molecule has 0 aliphatic carbocycles. The Bertz CT molecular complexity index is 325. The van der Waals surface area contributed by atoms with Crippen LogP contribution in [0.15, 0.2) is 12.4 Å². The zero-order valence-electron chi connectivity index (χ0n) is 9.18. The highest BCUT2D eigenvalue weighted by atomic mass is 16.5. The molecule has 5 heteroatoms. The summed E-state index contributed by atoms with van der Waals surface area (Å²) in [7, 11) is 1.90. The standard InChI is InChI=1S/C10H18N4O/c1-7-3-4-15-10(7)9(13-11)8-5-12-14(2)6-8/h5-7,9-10,13H,3-4,11H2,1-2H3. The Morgan fingerprint density at radius 1 is 1.73 bits per heavy atom. The summed E-state index contributed by atoms with van der Waals surface area (Å²) in [5.41, 5.74) is 3.91. The van der Waals surface area contributed by atoms with E-state index in [2.05, 4.69) is 17.4 Å². The van der Waals surface area contributed by atoms with E-state index in [-0.39, 0.29) is 12.1 Å². The van der Waals surface area contributed by atoms with Gasteiger partial charge in [0.05, 0.1) is 18.3 Å². The summed E-state index contributed by atoms with van der Waals surface area (Å²) in [6.45, 7) is 3.02. The summed E-state index contributed by atoms with van der Waals surface area (Å²) < 4.78 is 7.48. The number of nitrogens with zero attached hydrogens (tertiary/aromatic N) is 2. The minimum Gasteiger partial charge on any atom is -0.376 e. The molecule has 0 saturated carbocycles. The number of hydrazine groups is 1. The topological polar surface area (TPSA) is 65.1 Å². The lowest BCUT2D eigenvalue weighted by molar-refractivity contribution is 0.0607. The first kappa shape index (κ1) is 10.6. The lowest BCUT2D eigenvalue weighted by Gasteiger charge is -2.24. The van der Waals surface area contributed by atoms with Gasteiger partial charge in [0.2, 0.25) is 0 Å². The van der Waals surface area contributed by atoms with Crippen molar-refractivity contribution < 1.29 is 4.74 Å². The van der Waals surface area contributed by atoms with Crippen LogP contribution in [-0.4, -0.2) is 22.5 Å². The van der Waals surface area contributed by atoms with Crippen LogP contribution in [0.4, 0.5) is 0 Å². The van der Waals surface area contributed by atoms with Crippen LogP contribution in [0.5, 0.6) is 0 Å². The van der Waals surface area contributed by atoms with Crippen molar-refractivity contribution in [3.05, 3.63) is 18.0 Å². The van der Waals surface area contributed by atoms with Gasteiger partial charge in [0.15, 0.2) is 0 Å². The van der Waals surface area contributed by atoms with E-state index in [1.807, 2.05) is 19.4 Å². The quantitative estimate of drug-likeness (QED) is 0.558. The van der Waals surface area contributed by atoms with Crippen LogP contribution in [0.2, 0.25) is 0 Å². The smallest absolute Gasteiger partial charge is 0.0810 e. The van der Waals surface area contributed by atoms with Gasteiger partial charge in [-0.3, -0.25) is 16.0 Å². The van der Waals surface area contributed by atoms with Crippen LogP contribution in [0.3, 0.4) is 0 Å². The number of rotatable bonds is 3. The molecule has 1 saturated heterocycles. The molecule has 5 nitrogen and oxygen atoms in total. The third-order valence-corrected chi connectivity index (χ3v) is 3.04. The van der Waals surface area contributed by atoms with Gasteiger partial charge in [-0.2, -0.15) is 5.10 Å². The van der Waals surface area contributed by atoms with Crippen molar-refractivity contribution >= 4 is 0 Å². The van der Waals surface area contributed by atoms with Gasteiger partial charge in [-0.05, 0) is 12.3 Å². The molecule has 0 radical (unpaired) electrons. The van der Waals surface area contributed by atoms with E-state index in [4.69, 9.17) is 10.6 Å².